The van der Waals surface area contributed by atoms with Crippen LogP contribution in [-0.4, -0.2) is 25.2 Å². The van der Waals surface area contributed by atoms with E-state index in [9.17, 15) is 4.79 Å². The van der Waals surface area contributed by atoms with Crippen LogP contribution in [0.25, 0.3) is 5.69 Å². The topological polar surface area (TPSA) is 64.7 Å². The molecule has 6 heteroatoms. The smallest absolute Gasteiger partial charge is 0.221 e. The summed E-state index contributed by atoms with van der Waals surface area (Å²) < 4.78 is 3.76. The molecule has 0 aliphatic carbocycles. The number of carbonyl (C=O) groups excluding carboxylic acids is 1. The second-order valence-corrected chi connectivity index (χ2v) is 6.94. The van der Waals surface area contributed by atoms with Gasteiger partial charge >= 0.3 is 0 Å². The fourth-order valence-corrected chi connectivity index (χ4v) is 3.30. The number of benzene rings is 2. The van der Waals surface area contributed by atoms with E-state index < -0.39 is 0 Å². The Morgan fingerprint density at radius 3 is 2.48 bits per heavy atom. The number of hydrogen-bond donors (Lipinski definition) is 1. The summed E-state index contributed by atoms with van der Waals surface area (Å²) in [5.74, 6) is 0.788. The average Bonchev–Trinajstić information content (AvgIpc) is 3.41. The van der Waals surface area contributed by atoms with E-state index in [-0.39, 0.29) is 11.9 Å². The second-order valence-electron chi connectivity index (χ2n) is 6.94. The maximum Gasteiger partial charge on any atom is 0.221 e. The highest BCUT2D eigenvalue weighted by atomic mass is 16.1. The molecule has 0 aliphatic rings. The van der Waals surface area contributed by atoms with Gasteiger partial charge in [-0.3, -0.25) is 4.79 Å². The lowest BCUT2D eigenvalue weighted by molar-refractivity contribution is -0.121. The van der Waals surface area contributed by atoms with Gasteiger partial charge in [-0.1, -0.05) is 48.5 Å². The summed E-state index contributed by atoms with van der Waals surface area (Å²) in [6.45, 7) is 0. The third-order valence-corrected chi connectivity index (χ3v) is 4.85. The van der Waals surface area contributed by atoms with Crippen LogP contribution in [0.2, 0.25) is 0 Å². The van der Waals surface area contributed by atoms with E-state index in [1.165, 1.54) is 0 Å². The van der Waals surface area contributed by atoms with Crippen LogP contribution in [0.4, 0.5) is 0 Å². The van der Waals surface area contributed by atoms with Gasteiger partial charge in [0.2, 0.25) is 5.91 Å². The molecule has 4 aromatic rings. The number of rotatable bonds is 7. The Balaban J connectivity index is 1.43. The van der Waals surface area contributed by atoms with Crippen LogP contribution in [0.3, 0.4) is 0 Å². The molecule has 2 aromatic carbocycles. The molecule has 0 unspecified atom stereocenters. The van der Waals surface area contributed by atoms with E-state index in [0.29, 0.717) is 12.8 Å². The standard InChI is InChI=1S/C23H23N5O/c1-27-15-14-24-23(27)22(19-8-4-2-5-9-19)26-21(29)13-12-18-16-25-28(17-18)20-10-6-3-7-11-20/h2-11,14-17,22H,12-13H2,1H3,(H,26,29)/t22-/m0/s1. The molecule has 4 rings (SSSR count). The Morgan fingerprint density at radius 2 is 1.79 bits per heavy atom. The SMILES string of the molecule is Cn1ccnc1[C@@H](NC(=O)CCc1cnn(-c2ccccc2)c1)c1ccccc1. The third kappa shape index (κ3) is 4.43. The molecular weight excluding hydrogens is 362 g/mol. The number of imidazole rings is 1. The molecule has 0 fully saturated rings. The minimum absolute atomic E-state index is 0.0192. The van der Waals surface area contributed by atoms with Crippen molar-refractivity contribution in [2.75, 3.05) is 0 Å². The quantitative estimate of drug-likeness (QED) is 0.530. The minimum atomic E-state index is -0.282. The maximum absolute atomic E-state index is 12.7. The maximum atomic E-state index is 12.7. The lowest BCUT2D eigenvalue weighted by Crippen LogP contribution is -2.31. The molecule has 6 nitrogen and oxygen atoms in total. The van der Waals surface area contributed by atoms with E-state index in [0.717, 1.165) is 22.6 Å². The minimum Gasteiger partial charge on any atom is -0.342 e. The zero-order chi connectivity index (χ0) is 20.1. The summed E-state index contributed by atoms with van der Waals surface area (Å²) in [6.07, 6.45) is 8.42. The van der Waals surface area contributed by atoms with Gasteiger partial charge in [0.15, 0.2) is 0 Å². The van der Waals surface area contributed by atoms with Crippen molar-refractivity contribution in [3.63, 3.8) is 0 Å². The van der Waals surface area contributed by atoms with Crippen LogP contribution in [-0.2, 0) is 18.3 Å². The predicted molar refractivity (Wildman–Crippen MR) is 112 cm³/mol. The van der Waals surface area contributed by atoms with Crippen LogP contribution in [0.5, 0.6) is 0 Å². The molecule has 146 valence electrons. The molecule has 1 atom stereocenters. The molecule has 0 saturated carbocycles. The summed E-state index contributed by atoms with van der Waals surface area (Å²) in [4.78, 5) is 17.1. The fraction of sp³-hybridized carbons (Fsp3) is 0.174. The van der Waals surface area contributed by atoms with Gasteiger partial charge in [-0.15, -0.1) is 0 Å². The van der Waals surface area contributed by atoms with Crippen LogP contribution in [0, 0.1) is 0 Å². The number of nitrogens with one attached hydrogen (secondary N) is 1. The van der Waals surface area contributed by atoms with E-state index >= 15 is 0 Å². The molecule has 2 heterocycles. The number of amides is 1. The van der Waals surface area contributed by atoms with Crippen molar-refractivity contribution in [3.05, 3.63) is 102 Å². The lowest BCUT2D eigenvalue weighted by Gasteiger charge is -2.19. The van der Waals surface area contributed by atoms with Gasteiger partial charge in [0.1, 0.15) is 11.9 Å². The first kappa shape index (κ1) is 18.7. The third-order valence-electron chi connectivity index (χ3n) is 4.85. The number of hydrogen-bond acceptors (Lipinski definition) is 3. The molecule has 1 amide bonds. The number of nitrogens with zero attached hydrogens (tertiary/aromatic N) is 4. The number of para-hydroxylation sites is 1. The van der Waals surface area contributed by atoms with Crippen LogP contribution >= 0.6 is 0 Å². The van der Waals surface area contributed by atoms with Gasteiger partial charge < -0.3 is 9.88 Å². The first-order valence-corrected chi connectivity index (χ1v) is 9.61. The zero-order valence-electron chi connectivity index (χ0n) is 16.3. The Kier molecular flexibility index (Phi) is 5.52. The Hall–Kier alpha value is -3.67. The summed E-state index contributed by atoms with van der Waals surface area (Å²) in [7, 11) is 1.93. The summed E-state index contributed by atoms with van der Waals surface area (Å²) in [5, 5.41) is 7.53. The van der Waals surface area contributed by atoms with Gasteiger partial charge in [-0.25, -0.2) is 9.67 Å². The van der Waals surface area contributed by atoms with Gasteiger partial charge in [0.05, 0.1) is 11.9 Å². The van der Waals surface area contributed by atoms with Gasteiger partial charge in [0.25, 0.3) is 0 Å². The summed E-state index contributed by atoms with van der Waals surface area (Å²) in [6, 6.07) is 19.6. The van der Waals surface area contributed by atoms with Crippen molar-refractivity contribution in [2.24, 2.45) is 7.05 Å². The molecule has 0 saturated heterocycles. The Labute approximate surface area is 169 Å². The van der Waals surface area contributed by atoms with Crippen LogP contribution in [0.1, 0.15) is 29.4 Å². The lowest BCUT2D eigenvalue weighted by atomic mass is 10.1. The highest BCUT2D eigenvalue weighted by Gasteiger charge is 2.20. The highest BCUT2D eigenvalue weighted by Crippen LogP contribution is 2.20. The monoisotopic (exact) mass is 385 g/mol. The molecule has 0 aliphatic heterocycles. The highest BCUT2D eigenvalue weighted by molar-refractivity contribution is 5.77. The summed E-state index contributed by atoms with van der Waals surface area (Å²) in [5.41, 5.74) is 3.03. The van der Waals surface area contributed by atoms with E-state index in [4.69, 9.17) is 0 Å². The van der Waals surface area contributed by atoms with Gasteiger partial charge in [-0.2, -0.15) is 5.10 Å². The second kappa shape index (κ2) is 8.56. The molecular formula is C23H23N5O. The van der Waals surface area contributed by atoms with Crippen molar-refractivity contribution >= 4 is 5.91 Å². The van der Waals surface area contributed by atoms with Gasteiger partial charge in [0, 0.05) is 32.1 Å². The van der Waals surface area contributed by atoms with Crippen LogP contribution < -0.4 is 5.32 Å². The zero-order valence-corrected chi connectivity index (χ0v) is 16.3. The van der Waals surface area contributed by atoms with Crippen molar-refractivity contribution in [2.45, 2.75) is 18.9 Å². The molecule has 29 heavy (non-hydrogen) atoms. The van der Waals surface area contributed by atoms with Crippen molar-refractivity contribution in [1.29, 1.82) is 0 Å². The fourth-order valence-electron chi connectivity index (χ4n) is 3.30. The van der Waals surface area contributed by atoms with E-state index in [2.05, 4.69) is 15.4 Å². The largest absolute Gasteiger partial charge is 0.342 e. The Bertz CT molecular complexity index is 1070. The van der Waals surface area contributed by atoms with E-state index in [1.807, 2.05) is 95.6 Å². The molecule has 1 N–H and O–H groups in total. The molecule has 0 spiro atoms. The first-order chi connectivity index (χ1) is 14.2. The van der Waals surface area contributed by atoms with Gasteiger partial charge in [-0.05, 0) is 29.7 Å². The van der Waals surface area contributed by atoms with Crippen molar-refractivity contribution in [1.82, 2.24) is 24.6 Å². The normalized spacial score (nSPS) is 11.9. The number of aromatic nitrogens is 4. The molecule has 0 radical (unpaired) electrons. The average molecular weight is 385 g/mol. The predicted octanol–water partition coefficient (Wildman–Crippen LogP) is 3.44. The molecule has 2 aromatic heterocycles. The number of carbonyl (C=O) groups is 1. The molecule has 0 bridgehead atoms. The number of aryl methyl sites for hydroxylation is 2. The van der Waals surface area contributed by atoms with Crippen molar-refractivity contribution in [3.8, 4) is 5.69 Å². The first-order valence-electron chi connectivity index (χ1n) is 9.61. The van der Waals surface area contributed by atoms with E-state index in [1.54, 1.807) is 6.20 Å². The summed E-state index contributed by atoms with van der Waals surface area (Å²) >= 11 is 0. The Morgan fingerprint density at radius 1 is 1.07 bits per heavy atom. The van der Waals surface area contributed by atoms with Crippen LogP contribution in [0.15, 0.2) is 85.5 Å². The van der Waals surface area contributed by atoms with Crippen molar-refractivity contribution < 1.29 is 4.79 Å².